The fourth-order valence-electron chi connectivity index (χ4n) is 0.948. The first-order valence-electron chi connectivity index (χ1n) is 4.19. The van der Waals surface area contributed by atoms with Gasteiger partial charge in [0, 0.05) is 5.56 Å². The van der Waals surface area contributed by atoms with Crippen LogP contribution in [-0.2, 0) is 0 Å². The van der Waals surface area contributed by atoms with Gasteiger partial charge >= 0.3 is 0 Å². The number of hydrogen-bond donors (Lipinski definition) is 0. The second-order valence-electron chi connectivity index (χ2n) is 2.64. The summed E-state index contributed by atoms with van der Waals surface area (Å²) in [5, 5.41) is 11.0. The van der Waals surface area contributed by atoms with Crippen molar-refractivity contribution in [2.45, 2.75) is 6.92 Å². The zero-order valence-corrected chi connectivity index (χ0v) is 7.86. The molecular weight excluding hydrogens is 166 g/mol. The predicted molar refractivity (Wildman–Crippen MR) is 52.3 cm³/mol. The molecule has 0 spiro atoms. The van der Waals surface area contributed by atoms with Crippen LogP contribution in [0.4, 0.5) is 0 Å². The Morgan fingerprint density at radius 3 is 2.46 bits per heavy atom. The molecule has 0 aliphatic rings. The van der Waals surface area contributed by atoms with E-state index < -0.39 is 0 Å². The fraction of sp³-hybridized carbons (Fsp3) is 0.300. The molecule has 0 fully saturated rings. The smallest absolute Gasteiger partial charge is 0.181 e. The van der Waals surface area contributed by atoms with E-state index in [4.69, 9.17) is 4.74 Å². The molecule has 0 radical (unpaired) electrons. The average molecular weight is 179 g/mol. The summed E-state index contributed by atoms with van der Waals surface area (Å²) in [5.41, 5.74) is 0.887. The van der Waals surface area contributed by atoms with E-state index in [0.29, 0.717) is 6.54 Å². The average Bonchev–Trinajstić information content (AvgIpc) is 2.19. The van der Waals surface area contributed by atoms with Gasteiger partial charge in [0.05, 0.1) is 7.11 Å². The molecule has 0 N–H and O–H groups in total. The summed E-state index contributed by atoms with van der Waals surface area (Å²) in [5.74, 6) is 0.797. The molecule has 0 aliphatic heterocycles. The summed E-state index contributed by atoms with van der Waals surface area (Å²) >= 11 is 0. The van der Waals surface area contributed by atoms with E-state index in [1.807, 2.05) is 31.2 Å². The van der Waals surface area contributed by atoms with Gasteiger partial charge in [-0.15, -0.1) is 0 Å². The first-order valence-corrected chi connectivity index (χ1v) is 4.19. The Morgan fingerprint density at radius 2 is 2.00 bits per heavy atom. The number of benzene rings is 1. The monoisotopic (exact) mass is 179 g/mol. The van der Waals surface area contributed by atoms with Crippen LogP contribution in [0.1, 0.15) is 12.5 Å². The van der Waals surface area contributed by atoms with Crippen LogP contribution < -0.4 is 4.74 Å². The van der Waals surface area contributed by atoms with Gasteiger partial charge in [-0.3, -0.25) is 0 Å². The van der Waals surface area contributed by atoms with Gasteiger partial charge in [0.15, 0.2) is 12.8 Å². The highest BCUT2D eigenvalue weighted by Gasteiger charge is 1.94. The third-order valence-corrected chi connectivity index (χ3v) is 1.72. The summed E-state index contributed by atoms with van der Waals surface area (Å²) in [4.78, 5) is 0. The van der Waals surface area contributed by atoms with Gasteiger partial charge in [-0.2, -0.15) is 0 Å². The molecule has 0 bridgehead atoms. The molecule has 0 amide bonds. The predicted octanol–water partition coefficient (Wildman–Crippen LogP) is 1.64. The van der Waals surface area contributed by atoms with Crippen molar-refractivity contribution in [3.05, 3.63) is 35.0 Å². The first kappa shape index (κ1) is 9.58. The fourth-order valence-corrected chi connectivity index (χ4v) is 0.948. The van der Waals surface area contributed by atoms with Gasteiger partial charge < -0.3 is 9.94 Å². The van der Waals surface area contributed by atoms with Crippen molar-refractivity contribution >= 4 is 6.21 Å². The van der Waals surface area contributed by atoms with Crippen molar-refractivity contribution in [1.82, 2.24) is 0 Å². The molecule has 70 valence electrons. The molecule has 0 aliphatic carbocycles. The van der Waals surface area contributed by atoms with Crippen molar-refractivity contribution < 1.29 is 9.48 Å². The normalized spacial score (nSPS) is 11.4. The Labute approximate surface area is 77.9 Å². The molecule has 0 saturated heterocycles. The van der Waals surface area contributed by atoms with Gasteiger partial charge in [-0.25, -0.2) is 4.74 Å². The maximum absolute atomic E-state index is 11.0. The van der Waals surface area contributed by atoms with Crippen LogP contribution in [0.25, 0.3) is 0 Å². The highest BCUT2D eigenvalue weighted by Crippen LogP contribution is 2.09. The van der Waals surface area contributed by atoms with Crippen molar-refractivity contribution in [3.8, 4) is 5.75 Å². The topological polar surface area (TPSA) is 35.3 Å². The molecule has 13 heavy (non-hydrogen) atoms. The molecule has 0 saturated carbocycles. The van der Waals surface area contributed by atoms with Crippen LogP contribution in [0, 0.1) is 5.21 Å². The van der Waals surface area contributed by atoms with Crippen LogP contribution in [0.2, 0.25) is 0 Å². The highest BCUT2D eigenvalue weighted by molar-refractivity contribution is 5.75. The first-order chi connectivity index (χ1) is 6.26. The summed E-state index contributed by atoms with van der Waals surface area (Å²) in [6, 6.07) is 7.35. The van der Waals surface area contributed by atoms with E-state index >= 15 is 0 Å². The number of ether oxygens (including phenoxy) is 1. The Morgan fingerprint density at radius 1 is 1.38 bits per heavy atom. The molecule has 1 aromatic carbocycles. The standard InChI is InChI=1S/C10H13NO2/c1-3-11(12)8-9-4-6-10(13-2)7-5-9/h4-8H,3H2,1-2H3/b11-8-. The van der Waals surface area contributed by atoms with Crippen LogP contribution >= 0.6 is 0 Å². The lowest BCUT2D eigenvalue weighted by Crippen LogP contribution is -2.03. The zero-order valence-electron chi connectivity index (χ0n) is 7.86. The highest BCUT2D eigenvalue weighted by atomic mass is 16.5. The second-order valence-corrected chi connectivity index (χ2v) is 2.64. The third kappa shape index (κ3) is 2.78. The summed E-state index contributed by atoms with van der Waals surface area (Å²) in [6.07, 6.45) is 1.56. The molecule has 0 heterocycles. The molecule has 1 rings (SSSR count). The van der Waals surface area contributed by atoms with Crippen molar-refractivity contribution in [2.75, 3.05) is 13.7 Å². The number of hydroxylamine groups is 1. The van der Waals surface area contributed by atoms with Gasteiger partial charge in [0.1, 0.15) is 5.75 Å². The van der Waals surface area contributed by atoms with Crippen LogP contribution in [-0.4, -0.2) is 24.6 Å². The SMILES string of the molecule is CC/[N+]([O-])=C/c1ccc(OC)cc1. The summed E-state index contributed by atoms with van der Waals surface area (Å²) in [6.45, 7) is 2.28. The third-order valence-electron chi connectivity index (χ3n) is 1.72. The molecule has 3 nitrogen and oxygen atoms in total. The molecule has 1 aromatic rings. The minimum Gasteiger partial charge on any atom is -0.624 e. The van der Waals surface area contributed by atoms with E-state index in [2.05, 4.69) is 0 Å². The lowest BCUT2D eigenvalue weighted by atomic mass is 10.2. The number of rotatable bonds is 3. The van der Waals surface area contributed by atoms with E-state index in [9.17, 15) is 5.21 Å². The quantitative estimate of drug-likeness (QED) is 0.306. The lowest BCUT2D eigenvalue weighted by Gasteiger charge is -2.01. The summed E-state index contributed by atoms with van der Waals surface area (Å²) in [7, 11) is 1.62. The van der Waals surface area contributed by atoms with Crippen LogP contribution in [0.5, 0.6) is 5.75 Å². The molecule has 0 aromatic heterocycles. The van der Waals surface area contributed by atoms with Crippen molar-refractivity contribution in [3.63, 3.8) is 0 Å². The van der Waals surface area contributed by atoms with E-state index in [-0.39, 0.29) is 0 Å². The van der Waals surface area contributed by atoms with Gasteiger partial charge in [-0.1, -0.05) is 0 Å². The van der Waals surface area contributed by atoms with Crippen molar-refractivity contribution in [1.29, 1.82) is 0 Å². The van der Waals surface area contributed by atoms with Gasteiger partial charge in [0.25, 0.3) is 0 Å². The van der Waals surface area contributed by atoms with Gasteiger partial charge in [-0.05, 0) is 31.2 Å². The van der Waals surface area contributed by atoms with E-state index in [0.717, 1.165) is 16.1 Å². The van der Waals surface area contributed by atoms with Gasteiger partial charge in [0.2, 0.25) is 0 Å². The number of methoxy groups -OCH3 is 1. The number of hydrogen-bond acceptors (Lipinski definition) is 2. The minimum atomic E-state index is 0.464. The zero-order chi connectivity index (χ0) is 9.68. The Balaban J connectivity index is 2.80. The lowest BCUT2D eigenvalue weighted by molar-refractivity contribution is -0.447. The van der Waals surface area contributed by atoms with E-state index in [1.165, 1.54) is 0 Å². The summed E-state index contributed by atoms with van der Waals surface area (Å²) < 4.78 is 5.89. The maximum Gasteiger partial charge on any atom is 0.181 e. The van der Waals surface area contributed by atoms with E-state index in [1.54, 1.807) is 13.3 Å². The molecule has 0 atom stereocenters. The molecule has 3 heteroatoms. The number of nitrogens with zero attached hydrogens (tertiary/aromatic N) is 1. The maximum atomic E-state index is 11.0. The van der Waals surface area contributed by atoms with Crippen LogP contribution in [0.3, 0.4) is 0 Å². The molecular formula is C10H13NO2. The van der Waals surface area contributed by atoms with Crippen LogP contribution in [0.15, 0.2) is 24.3 Å². The Bertz CT molecular complexity index is 290. The molecule has 0 unspecified atom stereocenters. The van der Waals surface area contributed by atoms with Crippen molar-refractivity contribution in [2.24, 2.45) is 0 Å². The Hall–Kier alpha value is -1.51. The Kier molecular flexibility index (Phi) is 3.31. The largest absolute Gasteiger partial charge is 0.624 e. The second kappa shape index (κ2) is 4.50. The minimum absolute atomic E-state index is 0.464.